The molecule has 3 N–H and O–H groups in total. The molecule has 0 radical (unpaired) electrons. The smallest absolute Gasteiger partial charge is 0.256 e. The maximum Gasteiger partial charge on any atom is 0.256 e. The molecule has 2 aromatic rings. The number of anilines is 1. The van der Waals surface area contributed by atoms with E-state index in [-0.39, 0.29) is 11.8 Å². The van der Waals surface area contributed by atoms with Gasteiger partial charge in [0.05, 0.1) is 11.1 Å². The normalized spacial score (nSPS) is 18.0. The number of carbonyl (C=O) groups is 2. The molecule has 1 aromatic heterocycles. The third-order valence-corrected chi connectivity index (χ3v) is 4.47. The Balaban J connectivity index is 1.83. The van der Waals surface area contributed by atoms with Gasteiger partial charge in [-0.2, -0.15) is 0 Å². The summed E-state index contributed by atoms with van der Waals surface area (Å²) in [6.45, 7) is 0.619. The van der Waals surface area contributed by atoms with Crippen molar-refractivity contribution in [3.05, 3.63) is 51.3 Å². The summed E-state index contributed by atoms with van der Waals surface area (Å²) in [5, 5.41) is 5.67. The van der Waals surface area contributed by atoms with E-state index in [1.807, 2.05) is 24.3 Å². The highest BCUT2D eigenvalue weighted by molar-refractivity contribution is 9.10. The maximum absolute atomic E-state index is 12.2. The molecule has 0 fully saturated rings. The van der Waals surface area contributed by atoms with Crippen LogP contribution in [-0.4, -0.2) is 23.3 Å². The van der Waals surface area contributed by atoms with Gasteiger partial charge in [-0.15, -0.1) is 0 Å². The summed E-state index contributed by atoms with van der Waals surface area (Å²) in [4.78, 5) is 27.1. The van der Waals surface area contributed by atoms with Crippen LogP contribution in [0.5, 0.6) is 0 Å². The number of halogens is 1. The Hall–Kier alpha value is -2.34. The van der Waals surface area contributed by atoms with Crippen molar-refractivity contribution in [1.29, 1.82) is 0 Å². The average molecular weight is 358 g/mol. The van der Waals surface area contributed by atoms with Crippen molar-refractivity contribution >= 4 is 45.1 Å². The van der Waals surface area contributed by atoms with Crippen LogP contribution in [0.15, 0.2) is 28.9 Å². The SMILES string of the molecule is O=C1Nc2ccc(Br)cc2/C1=C/c1[nH]cc2c1CCNC2=O. The van der Waals surface area contributed by atoms with Crippen molar-refractivity contribution in [3.8, 4) is 0 Å². The van der Waals surface area contributed by atoms with E-state index in [1.165, 1.54) is 0 Å². The van der Waals surface area contributed by atoms with Crippen LogP contribution in [0.25, 0.3) is 11.6 Å². The Bertz CT molecular complexity index is 851. The van der Waals surface area contributed by atoms with Crippen LogP contribution >= 0.6 is 15.9 Å². The summed E-state index contributed by atoms with van der Waals surface area (Å²) in [7, 11) is 0. The quantitative estimate of drug-likeness (QED) is 0.686. The van der Waals surface area contributed by atoms with Gasteiger partial charge in [-0.25, -0.2) is 0 Å². The number of hydrogen-bond donors (Lipinski definition) is 3. The van der Waals surface area contributed by atoms with Crippen LogP contribution in [-0.2, 0) is 11.2 Å². The summed E-state index contributed by atoms with van der Waals surface area (Å²) < 4.78 is 0.918. The van der Waals surface area contributed by atoms with Gasteiger partial charge >= 0.3 is 0 Å². The largest absolute Gasteiger partial charge is 0.361 e. The van der Waals surface area contributed by atoms with Gasteiger partial charge in [0.25, 0.3) is 11.8 Å². The van der Waals surface area contributed by atoms with E-state index in [0.29, 0.717) is 17.7 Å². The fraction of sp³-hybridized carbons (Fsp3) is 0.125. The molecular weight excluding hydrogens is 346 g/mol. The van der Waals surface area contributed by atoms with Crippen LogP contribution in [0.1, 0.15) is 27.2 Å². The number of amides is 2. The number of H-pyrrole nitrogens is 1. The highest BCUT2D eigenvalue weighted by atomic mass is 79.9. The number of nitrogens with one attached hydrogen (secondary N) is 3. The van der Waals surface area contributed by atoms with Gasteiger partial charge in [-0.3, -0.25) is 9.59 Å². The van der Waals surface area contributed by atoms with Gasteiger partial charge in [0.15, 0.2) is 0 Å². The first kappa shape index (κ1) is 13.3. The Labute approximate surface area is 134 Å². The number of aromatic nitrogens is 1. The standard InChI is InChI=1S/C16H12BrN3O2/c17-8-1-2-13-10(5-8)11(16(22)20-13)6-14-9-3-4-18-15(21)12(9)7-19-14/h1-2,5-7,19H,3-4H2,(H,18,21)(H,20,22)/b11-6-. The molecule has 22 heavy (non-hydrogen) atoms. The first-order chi connectivity index (χ1) is 10.6. The molecule has 110 valence electrons. The molecule has 0 bridgehead atoms. The number of rotatable bonds is 1. The molecule has 0 unspecified atom stereocenters. The highest BCUT2D eigenvalue weighted by Gasteiger charge is 2.26. The van der Waals surface area contributed by atoms with Gasteiger partial charge in [0.2, 0.25) is 0 Å². The molecule has 1 aromatic carbocycles. The fourth-order valence-electron chi connectivity index (χ4n) is 2.91. The summed E-state index contributed by atoms with van der Waals surface area (Å²) >= 11 is 3.43. The Morgan fingerprint density at radius 3 is 2.86 bits per heavy atom. The van der Waals surface area contributed by atoms with Crippen molar-refractivity contribution in [3.63, 3.8) is 0 Å². The maximum atomic E-state index is 12.2. The van der Waals surface area contributed by atoms with E-state index in [2.05, 4.69) is 31.5 Å². The second-order valence-corrected chi connectivity index (χ2v) is 6.22. The minimum Gasteiger partial charge on any atom is -0.361 e. The van der Waals surface area contributed by atoms with Crippen LogP contribution < -0.4 is 10.6 Å². The van der Waals surface area contributed by atoms with Crippen molar-refractivity contribution in [2.75, 3.05) is 11.9 Å². The minimum absolute atomic E-state index is 0.0684. The van der Waals surface area contributed by atoms with Crippen LogP contribution in [0.2, 0.25) is 0 Å². The molecule has 6 heteroatoms. The second-order valence-electron chi connectivity index (χ2n) is 5.30. The zero-order valence-corrected chi connectivity index (χ0v) is 13.1. The lowest BCUT2D eigenvalue weighted by Crippen LogP contribution is -2.31. The summed E-state index contributed by atoms with van der Waals surface area (Å²) in [5.41, 5.74) is 4.72. The predicted octanol–water partition coefficient (Wildman–Crippen LogP) is 2.56. The monoisotopic (exact) mass is 357 g/mol. The highest BCUT2D eigenvalue weighted by Crippen LogP contribution is 2.35. The van der Waals surface area contributed by atoms with Crippen molar-refractivity contribution in [2.45, 2.75) is 6.42 Å². The molecular formula is C16H12BrN3O2. The average Bonchev–Trinajstić information content (AvgIpc) is 3.03. The van der Waals surface area contributed by atoms with E-state index < -0.39 is 0 Å². The van der Waals surface area contributed by atoms with E-state index in [4.69, 9.17) is 0 Å². The molecule has 2 aliphatic rings. The zero-order valence-electron chi connectivity index (χ0n) is 11.5. The van der Waals surface area contributed by atoms with Crippen LogP contribution in [0.3, 0.4) is 0 Å². The molecule has 0 spiro atoms. The number of benzene rings is 1. The first-order valence-electron chi connectivity index (χ1n) is 6.95. The van der Waals surface area contributed by atoms with Crippen molar-refractivity contribution in [1.82, 2.24) is 10.3 Å². The Morgan fingerprint density at radius 1 is 1.14 bits per heavy atom. The first-order valence-corrected chi connectivity index (χ1v) is 7.74. The molecule has 2 amide bonds. The zero-order chi connectivity index (χ0) is 15.3. The number of aromatic amines is 1. The van der Waals surface area contributed by atoms with Crippen molar-refractivity contribution < 1.29 is 9.59 Å². The lowest BCUT2D eigenvalue weighted by atomic mass is 10.00. The second kappa shape index (κ2) is 4.84. The minimum atomic E-state index is -0.128. The summed E-state index contributed by atoms with van der Waals surface area (Å²) in [6, 6.07) is 5.68. The third kappa shape index (κ3) is 1.99. The third-order valence-electron chi connectivity index (χ3n) is 3.98. The fourth-order valence-corrected chi connectivity index (χ4v) is 3.28. The van der Waals surface area contributed by atoms with E-state index in [0.717, 1.165) is 33.4 Å². The number of fused-ring (bicyclic) bond motifs is 2. The van der Waals surface area contributed by atoms with Crippen LogP contribution in [0.4, 0.5) is 5.69 Å². The van der Waals surface area contributed by atoms with Gasteiger partial charge in [-0.05, 0) is 36.3 Å². The summed E-state index contributed by atoms with van der Waals surface area (Å²) in [6.07, 6.45) is 4.28. The molecule has 5 nitrogen and oxygen atoms in total. The van der Waals surface area contributed by atoms with Crippen LogP contribution in [0, 0.1) is 0 Å². The van der Waals surface area contributed by atoms with E-state index in [1.54, 1.807) is 6.20 Å². The molecule has 3 heterocycles. The number of hydrogen-bond acceptors (Lipinski definition) is 2. The van der Waals surface area contributed by atoms with Gasteiger partial charge < -0.3 is 15.6 Å². The van der Waals surface area contributed by atoms with Gasteiger partial charge in [-0.1, -0.05) is 15.9 Å². The summed E-state index contributed by atoms with van der Waals surface area (Å²) in [5.74, 6) is -0.196. The molecule has 4 rings (SSSR count). The van der Waals surface area contributed by atoms with E-state index >= 15 is 0 Å². The lowest BCUT2D eigenvalue weighted by Gasteiger charge is -2.12. The Morgan fingerprint density at radius 2 is 2.00 bits per heavy atom. The molecule has 0 atom stereocenters. The molecule has 2 aliphatic heterocycles. The van der Waals surface area contributed by atoms with E-state index in [9.17, 15) is 9.59 Å². The van der Waals surface area contributed by atoms with Gasteiger partial charge in [0, 0.05) is 34.2 Å². The lowest BCUT2D eigenvalue weighted by molar-refractivity contribution is -0.110. The molecule has 0 aliphatic carbocycles. The number of carbonyl (C=O) groups excluding carboxylic acids is 2. The topological polar surface area (TPSA) is 74.0 Å². The molecule has 0 saturated heterocycles. The predicted molar refractivity (Wildman–Crippen MR) is 87.5 cm³/mol. The van der Waals surface area contributed by atoms with Crippen molar-refractivity contribution in [2.24, 2.45) is 0 Å². The van der Waals surface area contributed by atoms with Gasteiger partial charge in [0.1, 0.15) is 0 Å². The Kier molecular flexibility index (Phi) is 2.94. The molecule has 0 saturated carbocycles.